The SMILES string of the molecule is C[C@@H](Oc1cccc2c1CCCC2)C(=O)Nc1ccc(Oc2ccccc2)cc1. The Labute approximate surface area is 171 Å². The van der Waals surface area contributed by atoms with Crippen molar-refractivity contribution < 1.29 is 14.3 Å². The lowest BCUT2D eigenvalue weighted by Gasteiger charge is -2.22. The number of amides is 1. The number of carbonyl (C=O) groups excluding carboxylic acids is 1. The molecule has 0 radical (unpaired) electrons. The molecule has 1 aliphatic carbocycles. The van der Waals surface area contributed by atoms with Crippen LogP contribution >= 0.6 is 0 Å². The van der Waals surface area contributed by atoms with Crippen LogP contribution in [0.1, 0.15) is 30.9 Å². The number of rotatable bonds is 6. The molecule has 4 nitrogen and oxygen atoms in total. The van der Waals surface area contributed by atoms with Crippen molar-refractivity contribution in [2.24, 2.45) is 0 Å². The Morgan fingerprint density at radius 3 is 2.38 bits per heavy atom. The smallest absolute Gasteiger partial charge is 0.265 e. The topological polar surface area (TPSA) is 47.6 Å². The van der Waals surface area contributed by atoms with Gasteiger partial charge in [-0.25, -0.2) is 0 Å². The number of para-hydroxylation sites is 1. The molecule has 3 aromatic rings. The van der Waals surface area contributed by atoms with Crippen LogP contribution in [0.3, 0.4) is 0 Å². The number of anilines is 1. The van der Waals surface area contributed by atoms with Crippen molar-refractivity contribution in [1.82, 2.24) is 0 Å². The van der Waals surface area contributed by atoms with Crippen molar-refractivity contribution in [1.29, 1.82) is 0 Å². The molecule has 0 bridgehead atoms. The second-order valence-corrected chi connectivity index (χ2v) is 7.29. The summed E-state index contributed by atoms with van der Waals surface area (Å²) in [4.78, 5) is 12.6. The van der Waals surface area contributed by atoms with Crippen LogP contribution in [-0.4, -0.2) is 12.0 Å². The molecule has 4 heteroatoms. The van der Waals surface area contributed by atoms with Crippen molar-refractivity contribution in [3.63, 3.8) is 0 Å². The first kappa shape index (κ1) is 19.1. The van der Waals surface area contributed by atoms with Crippen molar-refractivity contribution >= 4 is 11.6 Å². The Bertz CT molecular complexity index is 967. The van der Waals surface area contributed by atoms with Crippen molar-refractivity contribution in [2.45, 2.75) is 38.7 Å². The van der Waals surface area contributed by atoms with Crippen LogP contribution in [-0.2, 0) is 17.6 Å². The van der Waals surface area contributed by atoms with Gasteiger partial charge in [0.15, 0.2) is 6.10 Å². The first-order valence-electron chi connectivity index (χ1n) is 10.1. The summed E-state index contributed by atoms with van der Waals surface area (Å²) in [6, 6.07) is 23.0. The Morgan fingerprint density at radius 2 is 1.59 bits per heavy atom. The van der Waals surface area contributed by atoms with Crippen LogP contribution in [0.5, 0.6) is 17.2 Å². The monoisotopic (exact) mass is 387 g/mol. The van der Waals surface area contributed by atoms with Gasteiger partial charge in [0.2, 0.25) is 0 Å². The van der Waals surface area contributed by atoms with Crippen LogP contribution < -0.4 is 14.8 Å². The highest BCUT2D eigenvalue weighted by Crippen LogP contribution is 2.30. The van der Waals surface area contributed by atoms with E-state index < -0.39 is 6.10 Å². The fraction of sp³-hybridized carbons (Fsp3) is 0.240. The van der Waals surface area contributed by atoms with Crippen LogP contribution in [0.15, 0.2) is 72.8 Å². The molecule has 0 spiro atoms. The van der Waals surface area contributed by atoms with Gasteiger partial charge in [-0.3, -0.25) is 4.79 Å². The quantitative estimate of drug-likeness (QED) is 0.585. The van der Waals surface area contributed by atoms with Gasteiger partial charge in [-0.05, 0) is 86.2 Å². The van der Waals surface area contributed by atoms with Crippen LogP contribution in [0.2, 0.25) is 0 Å². The maximum absolute atomic E-state index is 12.6. The van der Waals surface area contributed by atoms with Gasteiger partial charge in [0.25, 0.3) is 5.91 Å². The third kappa shape index (κ3) is 4.77. The standard InChI is InChI=1S/C25H25NO3/c1-18(28-24-13-7-9-19-8-5-6-12-23(19)24)25(27)26-20-14-16-22(17-15-20)29-21-10-3-2-4-11-21/h2-4,7,9-11,13-18H,5-6,8,12H2,1H3,(H,26,27)/t18-/m1/s1. The zero-order valence-corrected chi connectivity index (χ0v) is 16.6. The van der Waals surface area contributed by atoms with Crippen molar-refractivity contribution in [2.75, 3.05) is 5.32 Å². The first-order valence-corrected chi connectivity index (χ1v) is 10.1. The summed E-state index contributed by atoms with van der Waals surface area (Å²) in [5.74, 6) is 2.15. The average molecular weight is 387 g/mol. The number of aryl methyl sites for hydroxylation is 1. The molecule has 0 saturated carbocycles. The minimum absolute atomic E-state index is 0.171. The molecule has 0 fully saturated rings. The summed E-state index contributed by atoms with van der Waals surface area (Å²) in [5, 5.41) is 2.91. The Kier molecular flexibility index (Phi) is 5.80. The lowest BCUT2D eigenvalue weighted by Crippen LogP contribution is -2.30. The first-order chi connectivity index (χ1) is 14.2. The van der Waals surface area contributed by atoms with E-state index in [9.17, 15) is 4.79 Å². The number of benzene rings is 3. The number of hydrogen-bond donors (Lipinski definition) is 1. The summed E-state index contributed by atoms with van der Waals surface area (Å²) in [5.41, 5.74) is 3.30. The lowest BCUT2D eigenvalue weighted by molar-refractivity contribution is -0.122. The summed E-state index contributed by atoms with van der Waals surface area (Å²) >= 11 is 0. The summed E-state index contributed by atoms with van der Waals surface area (Å²) in [6.07, 6.45) is 3.92. The van der Waals surface area contributed by atoms with Crippen molar-refractivity contribution in [3.8, 4) is 17.2 Å². The van der Waals surface area contributed by atoms with E-state index >= 15 is 0 Å². The summed E-state index contributed by atoms with van der Waals surface area (Å²) in [7, 11) is 0. The second-order valence-electron chi connectivity index (χ2n) is 7.29. The molecule has 0 aromatic heterocycles. The van der Waals surface area contributed by atoms with Gasteiger partial charge in [-0.1, -0.05) is 30.3 Å². The largest absolute Gasteiger partial charge is 0.481 e. The van der Waals surface area contributed by atoms with Gasteiger partial charge in [0, 0.05) is 5.69 Å². The molecule has 0 saturated heterocycles. The van der Waals surface area contributed by atoms with Gasteiger partial charge in [-0.2, -0.15) is 0 Å². The van der Waals surface area contributed by atoms with E-state index in [1.165, 1.54) is 24.0 Å². The predicted molar refractivity (Wildman–Crippen MR) is 115 cm³/mol. The van der Waals surface area contributed by atoms with Crippen LogP contribution in [0.25, 0.3) is 0 Å². The second kappa shape index (κ2) is 8.82. The molecule has 0 heterocycles. The van der Waals surface area contributed by atoms with Gasteiger partial charge >= 0.3 is 0 Å². The summed E-state index contributed by atoms with van der Waals surface area (Å²) in [6.45, 7) is 1.78. The fourth-order valence-electron chi connectivity index (χ4n) is 3.58. The normalized spacial score (nSPS) is 13.8. The molecule has 0 aliphatic heterocycles. The highest BCUT2D eigenvalue weighted by atomic mass is 16.5. The number of ether oxygens (including phenoxy) is 2. The van der Waals surface area contributed by atoms with Crippen LogP contribution in [0.4, 0.5) is 5.69 Å². The zero-order valence-electron chi connectivity index (χ0n) is 16.6. The summed E-state index contributed by atoms with van der Waals surface area (Å²) < 4.78 is 11.8. The van der Waals surface area contributed by atoms with E-state index in [1.54, 1.807) is 6.92 Å². The molecule has 1 amide bonds. The average Bonchev–Trinajstić information content (AvgIpc) is 2.76. The van der Waals surface area contributed by atoms with Gasteiger partial charge < -0.3 is 14.8 Å². The van der Waals surface area contributed by atoms with Gasteiger partial charge in [0.05, 0.1) is 0 Å². The molecular formula is C25H25NO3. The fourth-order valence-corrected chi connectivity index (χ4v) is 3.58. The highest BCUT2D eigenvalue weighted by Gasteiger charge is 2.19. The number of hydrogen-bond acceptors (Lipinski definition) is 3. The third-order valence-corrected chi connectivity index (χ3v) is 5.13. The molecular weight excluding hydrogens is 362 g/mol. The molecule has 3 aromatic carbocycles. The molecule has 1 atom stereocenters. The molecule has 148 valence electrons. The van der Waals surface area contributed by atoms with E-state index in [-0.39, 0.29) is 5.91 Å². The van der Waals surface area contributed by atoms with Gasteiger partial charge in [-0.15, -0.1) is 0 Å². The van der Waals surface area contributed by atoms with E-state index in [1.807, 2.05) is 66.7 Å². The van der Waals surface area contributed by atoms with Gasteiger partial charge in [0.1, 0.15) is 17.2 Å². The van der Waals surface area contributed by atoms with E-state index in [0.29, 0.717) is 5.69 Å². The molecule has 1 N–H and O–H groups in total. The van der Waals surface area contributed by atoms with Crippen molar-refractivity contribution in [3.05, 3.63) is 83.9 Å². The predicted octanol–water partition coefficient (Wildman–Crippen LogP) is 5.76. The molecule has 29 heavy (non-hydrogen) atoms. The zero-order chi connectivity index (χ0) is 20.1. The minimum Gasteiger partial charge on any atom is -0.481 e. The number of fused-ring (bicyclic) bond motifs is 1. The maximum atomic E-state index is 12.6. The Morgan fingerprint density at radius 1 is 0.862 bits per heavy atom. The van der Waals surface area contributed by atoms with Crippen LogP contribution in [0, 0.1) is 0 Å². The molecule has 4 rings (SSSR count). The lowest BCUT2D eigenvalue weighted by atomic mass is 9.91. The Hall–Kier alpha value is -3.27. The Balaban J connectivity index is 1.36. The highest BCUT2D eigenvalue weighted by molar-refractivity contribution is 5.94. The maximum Gasteiger partial charge on any atom is 0.265 e. The minimum atomic E-state index is -0.580. The molecule has 0 unspecified atom stereocenters. The third-order valence-electron chi connectivity index (χ3n) is 5.13. The van der Waals surface area contributed by atoms with E-state index in [2.05, 4.69) is 11.4 Å². The van der Waals surface area contributed by atoms with E-state index in [0.717, 1.165) is 30.1 Å². The number of nitrogens with one attached hydrogen (secondary N) is 1. The molecule has 1 aliphatic rings. The van der Waals surface area contributed by atoms with E-state index in [4.69, 9.17) is 9.47 Å². The number of carbonyl (C=O) groups is 1.